The normalized spacial score (nSPS) is 23.0. The van der Waals surface area contributed by atoms with Gasteiger partial charge >= 0.3 is 12.1 Å². The number of piperidine rings is 1. The molecule has 2 fully saturated rings. The minimum absolute atomic E-state index is 0.0677. The number of rotatable bonds is 4. The zero-order chi connectivity index (χ0) is 20.4. The van der Waals surface area contributed by atoms with Crippen LogP contribution in [0.5, 0.6) is 0 Å². The van der Waals surface area contributed by atoms with E-state index < -0.39 is 11.0 Å². The van der Waals surface area contributed by atoms with Crippen molar-refractivity contribution in [1.29, 1.82) is 0 Å². The number of fused-ring (bicyclic) bond motifs is 1. The van der Waals surface area contributed by atoms with Crippen molar-refractivity contribution in [2.45, 2.75) is 71.9 Å². The lowest BCUT2D eigenvalue weighted by Crippen LogP contribution is -2.50. The maximum absolute atomic E-state index is 12.7. The van der Waals surface area contributed by atoms with Crippen LogP contribution in [-0.4, -0.2) is 66.2 Å². The van der Waals surface area contributed by atoms with Crippen molar-refractivity contribution in [1.82, 2.24) is 9.80 Å². The Morgan fingerprint density at radius 1 is 1.00 bits per heavy atom. The third-order valence-electron chi connectivity index (χ3n) is 5.30. The summed E-state index contributed by atoms with van der Waals surface area (Å²) in [7, 11) is 1.36. The molecule has 0 unspecified atom stereocenters. The van der Waals surface area contributed by atoms with Crippen LogP contribution in [0.15, 0.2) is 0 Å². The number of amides is 2. The van der Waals surface area contributed by atoms with Crippen LogP contribution in [0.3, 0.4) is 0 Å². The van der Waals surface area contributed by atoms with E-state index >= 15 is 0 Å². The second-order valence-electron chi connectivity index (χ2n) is 9.51. The van der Waals surface area contributed by atoms with Crippen LogP contribution in [0.2, 0.25) is 0 Å². The van der Waals surface area contributed by atoms with Gasteiger partial charge in [0, 0.05) is 32.1 Å². The minimum atomic E-state index is -0.503. The van der Waals surface area contributed by atoms with E-state index in [0.29, 0.717) is 32.0 Å². The van der Waals surface area contributed by atoms with Crippen molar-refractivity contribution in [2.24, 2.45) is 11.3 Å². The summed E-state index contributed by atoms with van der Waals surface area (Å²) in [5, 5.41) is 0. The summed E-state index contributed by atoms with van der Waals surface area (Å²) in [6.07, 6.45) is 1.94. The fraction of sp³-hybridized carbons (Fsp3) is 0.850. The van der Waals surface area contributed by atoms with Gasteiger partial charge < -0.3 is 19.3 Å². The van der Waals surface area contributed by atoms with Crippen molar-refractivity contribution >= 4 is 18.0 Å². The lowest BCUT2D eigenvalue weighted by Gasteiger charge is -2.39. The Bertz CT molecular complexity index is 581. The van der Waals surface area contributed by atoms with Gasteiger partial charge in [0.1, 0.15) is 5.60 Å². The van der Waals surface area contributed by atoms with E-state index in [4.69, 9.17) is 9.47 Å². The van der Waals surface area contributed by atoms with Gasteiger partial charge in [-0.1, -0.05) is 13.8 Å². The molecule has 2 heterocycles. The summed E-state index contributed by atoms with van der Waals surface area (Å²) in [6, 6.07) is 0.145. The smallest absolute Gasteiger partial charge is 0.410 e. The number of methoxy groups -OCH3 is 1. The molecule has 2 atom stereocenters. The summed E-state index contributed by atoms with van der Waals surface area (Å²) in [5.41, 5.74) is -0.934. The number of carbonyl (C=O) groups excluding carboxylic acids is 3. The van der Waals surface area contributed by atoms with Crippen molar-refractivity contribution < 1.29 is 23.9 Å². The van der Waals surface area contributed by atoms with Crippen LogP contribution < -0.4 is 0 Å². The van der Waals surface area contributed by atoms with Crippen molar-refractivity contribution in [3.63, 3.8) is 0 Å². The summed E-state index contributed by atoms with van der Waals surface area (Å²) in [4.78, 5) is 40.4. The third-order valence-corrected chi connectivity index (χ3v) is 5.30. The molecule has 154 valence electrons. The van der Waals surface area contributed by atoms with E-state index in [2.05, 4.69) is 0 Å². The Balaban J connectivity index is 1.91. The van der Waals surface area contributed by atoms with Crippen LogP contribution in [0.4, 0.5) is 4.79 Å². The molecule has 2 rings (SSSR count). The van der Waals surface area contributed by atoms with E-state index in [1.165, 1.54) is 7.11 Å². The van der Waals surface area contributed by atoms with Gasteiger partial charge in [0.05, 0.1) is 13.5 Å². The average molecular weight is 383 g/mol. The second kappa shape index (κ2) is 8.07. The quantitative estimate of drug-likeness (QED) is 0.699. The molecule has 0 radical (unpaired) electrons. The molecule has 0 N–H and O–H groups in total. The number of carbonyl (C=O) groups is 3. The Labute approximate surface area is 162 Å². The highest BCUT2D eigenvalue weighted by molar-refractivity contribution is 5.78. The monoisotopic (exact) mass is 382 g/mol. The Morgan fingerprint density at radius 3 is 2.26 bits per heavy atom. The van der Waals surface area contributed by atoms with Crippen molar-refractivity contribution in [3.05, 3.63) is 0 Å². The molecule has 0 aromatic rings. The molecule has 2 aliphatic rings. The SMILES string of the molecule is COC(=O)CC(C)(C)CC(=O)N1CC[C@@H]2[C@@H](CCN2C(=O)OC(C)(C)C)C1. The minimum Gasteiger partial charge on any atom is -0.469 e. The van der Waals surface area contributed by atoms with E-state index in [9.17, 15) is 14.4 Å². The Hall–Kier alpha value is -1.79. The second-order valence-corrected chi connectivity index (χ2v) is 9.51. The number of hydrogen-bond acceptors (Lipinski definition) is 5. The highest BCUT2D eigenvalue weighted by Crippen LogP contribution is 2.34. The first-order chi connectivity index (χ1) is 12.4. The van der Waals surface area contributed by atoms with Gasteiger partial charge in [0.15, 0.2) is 0 Å². The molecular formula is C20H34N2O5. The van der Waals surface area contributed by atoms with Crippen LogP contribution in [0, 0.1) is 11.3 Å². The Kier molecular flexibility index (Phi) is 6.43. The number of likely N-dealkylation sites (tertiary alicyclic amines) is 2. The van der Waals surface area contributed by atoms with Gasteiger partial charge in [0.2, 0.25) is 5.91 Å². The van der Waals surface area contributed by atoms with Gasteiger partial charge in [0.25, 0.3) is 0 Å². The van der Waals surface area contributed by atoms with E-state index in [0.717, 1.165) is 12.8 Å². The van der Waals surface area contributed by atoms with Gasteiger partial charge in [-0.15, -0.1) is 0 Å². The number of ether oxygens (including phenoxy) is 2. The first kappa shape index (κ1) is 21.5. The molecule has 2 amide bonds. The first-order valence-electron chi connectivity index (χ1n) is 9.76. The van der Waals surface area contributed by atoms with Crippen LogP contribution in [0.1, 0.15) is 60.3 Å². The van der Waals surface area contributed by atoms with E-state index in [1.54, 1.807) is 0 Å². The fourth-order valence-corrected chi connectivity index (χ4v) is 4.00. The lowest BCUT2D eigenvalue weighted by molar-refractivity contribution is -0.144. The Morgan fingerprint density at radius 2 is 1.67 bits per heavy atom. The van der Waals surface area contributed by atoms with Gasteiger partial charge in [-0.25, -0.2) is 4.79 Å². The van der Waals surface area contributed by atoms with E-state index in [-0.39, 0.29) is 30.4 Å². The molecule has 0 saturated carbocycles. The summed E-state index contributed by atoms with van der Waals surface area (Å²) in [5.74, 6) is 0.0623. The molecule has 0 aromatic heterocycles. The molecule has 0 spiro atoms. The lowest BCUT2D eigenvalue weighted by atomic mass is 9.84. The number of hydrogen-bond donors (Lipinski definition) is 0. The molecule has 27 heavy (non-hydrogen) atoms. The fourth-order valence-electron chi connectivity index (χ4n) is 4.00. The molecule has 7 heteroatoms. The predicted molar refractivity (Wildman–Crippen MR) is 101 cm³/mol. The number of esters is 1. The molecule has 7 nitrogen and oxygen atoms in total. The highest BCUT2D eigenvalue weighted by atomic mass is 16.6. The molecule has 2 saturated heterocycles. The average Bonchev–Trinajstić information content (AvgIpc) is 2.95. The van der Waals surface area contributed by atoms with Crippen molar-refractivity contribution in [2.75, 3.05) is 26.7 Å². The number of nitrogens with zero attached hydrogens (tertiary/aromatic N) is 2. The topological polar surface area (TPSA) is 76.2 Å². The molecule has 0 bridgehead atoms. The van der Waals surface area contributed by atoms with Crippen molar-refractivity contribution in [3.8, 4) is 0 Å². The predicted octanol–water partition coefficient (Wildman–Crippen LogP) is 2.82. The van der Waals surface area contributed by atoms with Gasteiger partial charge in [-0.2, -0.15) is 0 Å². The maximum Gasteiger partial charge on any atom is 0.410 e. The first-order valence-corrected chi connectivity index (χ1v) is 9.76. The summed E-state index contributed by atoms with van der Waals surface area (Å²) < 4.78 is 10.2. The molecule has 2 aliphatic heterocycles. The van der Waals surface area contributed by atoms with Gasteiger partial charge in [-0.3, -0.25) is 9.59 Å². The summed E-state index contributed by atoms with van der Waals surface area (Å²) in [6.45, 7) is 11.4. The largest absolute Gasteiger partial charge is 0.469 e. The zero-order valence-corrected chi connectivity index (χ0v) is 17.5. The third kappa shape index (κ3) is 5.84. The van der Waals surface area contributed by atoms with Crippen LogP contribution in [0.25, 0.3) is 0 Å². The zero-order valence-electron chi connectivity index (χ0n) is 17.5. The molecular weight excluding hydrogens is 348 g/mol. The summed E-state index contributed by atoms with van der Waals surface area (Å²) >= 11 is 0. The molecule has 0 aromatic carbocycles. The highest BCUT2D eigenvalue weighted by Gasteiger charge is 2.43. The van der Waals surface area contributed by atoms with E-state index in [1.807, 2.05) is 44.4 Å². The van der Waals surface area contributed by atoms with Crippen LogP contribution >= 0.6 is 0 Å². The standard InChI is InChI=1S/C20H34N2O5/c1-19(2,3)27-18(25)22-10-7-14-13-21(9-8-15(14)22)16(23)11-20(4,5)12-17(24)26-6/h14-15H,7-13H2,1-6H3/t14-,15+/m0/s1. The van der Waals surface area contributed by atoms with Crippen LogP contribution in [-0.2, 0) is 19.1 Å². The molecule has 0 aliphatic carbocycles. The van der Waals surface area contributed by atoms with Gasteiger partial charge in [-0.05, 0) is 44.9 Å². The maximum atomic E-state index is 12.7.